The molecule has 0 aromatic heterocycles. The molecule has 0 atom stereocenters. The van der Waals surface area contributed by atoms with Crippen LogP contribution in [0.15, 0.2) is 97.1 Å². The van der Waals surface area contributed by atoms with Gasteiger partial charge in [-0.3, -0.25) is 4.79 Å². The van der Waals surface area contributed by atoms with Crippen molar-refractivity contribution in [1.82, 2.24) is 0 Å². The second-order valence-corrected chi connectivity index (χ2v) is 6.14. The summed E-state index contributed by atoms with van der Waals surface area (Å²) in [4.78, 5) is 14.7. The number of nitrogens with zero attached hydrogens (tertiary/aromatic N) is 1. The molecule has 3 aromatic carbocycles. The summed E-state index contributed by atoms with van der Waals surface area (Å²) in [5, 5.41) is 0. The smallest absolute Gasteiger partial charge is 0.227 e. The molecule has 0 aliphatic heterocycles. The summed E-state index contributed by atoms with van der Waals surface area (Å²) in [5.74, 6) is 0.137. The zero-order chi connectivity index (χ0) is 18.0. The first-order chi connectivity index (χ1) is 12.8. The minimum Gasteiger partial charge on any atom is -0.309 e. The Kier molecular flexibility index (Phi) is 6.38. The zero-order valence-corrected chi connectivity index (χ0v) is 14.8. The number of carbonyl (C=O) groups is 1. The second-order valence-electron chi connectivity index (χ2n) is 6.14. The van der Waals surface area contributed by atoms with Gasteiger partial charge in [0.15, 0.2) is 0 Å². The molecule has 130 valence electrons. The van der Waals surface area contributed by atoms with Crippen LogP contribution in [0.4, 0.5) is 5.69 Å². The highest BCUT2D eigenvalue weighted by Crippen LogP contribution is 2.16. The highest BCUT2D eigenvalue weighted by Gasteiger charge is 2.14. The van der Waals surface area contributed by atoms with Gasteiger partial charge in [0.05, 0.1) is 0 Å². The maximum atomic E-state index is 12.9. The van der Waals surface area contributed by atoms with Gasteiger partial charge in [-0.15, -0.1) is 0 Å². The lowest BCUT2D eigenvalue weighted by atomic mass is 10.1. The molecular weight excluding hydrogens is 318 g/mol. The van der Waals surface area contributed by atoms with Gasteiger partial charge in [-0.1, -0.05) is 91.0 Å². The topological polar surface area (TPSA) is 20.3 Å². The molecule has 0 bridgehead atoms. The fourth-order valence-corrected chi connectivity index (χ4v) is 2.85. The molecule has 0 aliphatic carbocycles. The summed E-state index contributed by atoms with van der Waals surface area (Å²) >= 11 is 0. The van der Waals surface area contributed by atoms with E-state index in [0.29, 0.717) is 13.0 Å². The Bertz CT molecular complexity index is 826. The van der Waals surface area contributed by atoms with Crippen LogP contribution in [0.25, 0.3) is 6.08 Å². The lowest BCUT2D eigenvalue weighted by Crippen LogP contribution is -2.31. The molecule has 2 nitrogen and oxygen atoms in total. The van der Waals surface area contributed by atoms with E-state index in [0.717, 1.165) is 17.7 Å². The van der Waals surface area contributed by atoms with Crippen molar-refractivity contribution in [3.8, 4) is 0 Å². The first kappa shape index (κ1) is 17.7. The summed E-state index contributed by atoms with van der Waals surface area (Å²) in [6.45, 7) is 0.562. The Morgan fingerprint density at radius 2 is 1.35 bits per heavy atom. The van der Waals surface area contributed by atoms with Gasteiger partial charge >= 0.3 is 0 Å². The van der Waals surface area contributed by atoms with Crippen molar-refractivity contribution in [3.63, 3.8) is 0 Å². The molecule has 0 saturated heterocycles. The largest absolute Gasteiger partial charge is 0.309 e. The van der Waals surface area contributed by atoms with Gasteiger partial charge in [-0.25, -0.2) is 0 Å². The number of hydrogen-bond donors (Lipinski definition) is 0. The van der Waals surface area contributed by atoms with Crippen LogP contribution in [0.5, 0.6) is 0 Å². The SMILES string of the molecule is O=C(CCc1ccccc1)N(C/C=C/c1ccccc1)c1ccccc1. The quantitative estimate of drug-likeness (QED) is 0.566. The maximum absolute atomic E-state index is 12.9. The third-order valence-electron chi connectivity index (χ3n) is 4.24. The summed E-state index contributed by atoms with van der Waals surface area (Å²) in [6, 6.07) is 30.2. The number of anilines is 1. The molecule has 3 rings (SSSR count). The van der Waals surface area contributed by atoms with Crippen molar-refractivity contribution in [3.05, 3.63) is 108 Å². The summed E-state index contributed by atoms with van der Waals surface area (Å²) in [5.41, 5.74) is 3.26. The Hall–Kier alpha value is -3.13. The van der Waals surface area contributed by atoms with Crippen molar-refractivity contribution in [2.75, 3.05) is 11.4 Å². The first-order valence-corrected chi connectivity index (χ1v) is 8.94. The molecule has 0 heterocycles. The molecule has 0 spiro atoms. The zero-order valence-electron chi connectivity index (χ0n) is 14.8. The fraction of sp³-hybridized carbons (Fsp3) is 0.125. The van der Waals surface area contributed by atoms with Gasteiger partial charge in [-0.05, 0) is 29.7 Å². The van der Waals surface area contributed by atoms with E-state index in [1.54, 1.807) is 0 Å². The highest BCUT2D eigenvalue weighted by atomic mass is 16.2. The summed E-state index contributed by atoms with van der Waals surface area (Å²) in [6.07, 6.45) is 5.35. The fourth-order valence-electron chi connectivity index (χ4n) is 2.85. The highest BCUT2D eigenvalue weighted by molar-refractivity contribution is 5.93. The number of benzene rings is 3. The number of hydrogen-bond acceptors (Lipinski definition) is 1. The lowest BCUT2D eigenvalue weighted by Gasteiger charge is -2.21. The Balaban J connectivity index is 1.69. The summed E-state index contributed by atoms with van der Waals surface area (Å²) in [7, 11) is 0. The maximum Gasteiger partial charge on any atom is 0.227 e. The summed E-state index contributed by atoms with van der Waals surface area (Å²) < 4.78 is 0. The molecule has 0 radical (unpaired) electrons. The van der Waals surface area contributed by atoms with Crippen LogP contribution in [0.1, 0.15) is 17.5 Å². The van der Waals surface area contributed by atoms with Crippen molar-refractivity contribution < 1.29 is 4.79 Å². The van der Waals surface area contributed by atoms with Gasteiger partial charge < -0.3 is 4.90 Å². The predicted octanol–water partition coefficient (Wildman–Crippen LogP) is 5.37. The minimum absolute atomic E-state index is 0.137. The van der Waals surface area contributed by atoms with E-state index in [4.69, 9.17) is 0 Å². The number of aryl methyl sites for hydroxylation is 1. The number of carbonyl (C=O) groups excluding carboxylic acids is 1. The molecule has 0 saturated carbocycles. The first-order valence-electron chi connectivity index (χ1n) is 8.94. The average Bonchev–Trinajstić information content (AvgIpc) is 2.72. The van der Waals surface area contributed by atoms with Crippen LogP contribution < -0.4 is 4.90 Å². The molecule has 26 heavy (non-hydrogen) atoms. The van der Waals surface area contributed by atoms with Crippen LogP contribution in [-0.2, 0) is 11.2 Å². The molecule has 0 N–H and O–H groups in total. The third-order valence-corrected chi connectivity index (χ3v) is 4.24. The van der Waals surface area contributed by atoms with Crippen LogP contribution >= 0.6 is 0 Å². The Morgan fingerprint density at radius 3 is 2.00 bits per heavy atom. The minimum atomic E-state index is 0.137. The van der Waals surface area contributed by atoms with E-state index < -0.39 is 0 Å². The number of amides is 1. The molecule has 2 heteroatoms. The third kappa shape index (κ3) is 5.18. The van der Waals surface area contributed by atoms with Gasteiger partial charge in [0, 0.05) is 18.7 Å². The van der Waals surface area contributed by atoms with Crippen LogP contribution in [0.3, 0.4) is 0 Å². The molecule has 3 aromatic rings. The molecular formula is C24H23NO. The molecule has 0 unspecified atom stereocenters. The standard InChI is InChI=1S/C24H23NO/c26-24(19-18-22-13-6-2-7-14-22)25(23-16-8-3-9-17-23)20-10-15-21-11-4-1-5-12-21/h1-17H,18-20H2/b15-10+. The van der Waals surface area contributed by atoms with E-state index in [9.17, 15) is 4.79 Å². The predicted molar refractivity (Wildman–Crippen MR) is 109 cm³/mol. The van der Waals surface area contributed by atoms with E-state index >= 15 is 0 Å². The molecule has 0 fully saturated rings. The second kappa shape index (κ2) is 9.38. The Morgan fingerprint density at radius 1 is 0.769 bits per heavy atom. The van der Waals surface area contributed by atoms with Crippen LogP contribution in [-0.4, -0.2) is 12.5 Å². The van der Waals surface area contributed by atoms with Crippen molar-refractivity contribution >= 4 is 17.7 Å². The number of para-hydroxylation sites is 1. The van der Waals surface area contributed by atoms with Crippen LogP contribution in [0, 0.1) is 0 Å². The van der Waals surface area contributed by atoms with Gasteiger partial charge in [-0.2, -0.15) is 0 Å². The molecule has 0 aliphatic rings. The number of rotatable bonds is 7. The molecule has 1 amide bonds. The van der Waals surface area contributed by atoms with Gasteiger partial charge in [0.1, 0.15) is 0 Å². The van der Waals surface area contributed by atoms with Gasteiger partial charge in [0.25, 0.3) is 0 Å². The van der Waals surface area contributed by atoms with E-state index in [2.05, 4.69) is 30.3 Å². The lowest BCUT2D eigenvalue weighted by molar-refractivity contribution is -0.118. The van der Waals surface area contributed by atoms with Crippen LogP contribution in [0.2, 0.25) is 0 Å². The average molecular weight is 341 g/mol. The van der Waals surface area contributed by atoms with E-state index in [1.807, 2.05) is 77.7 Å². The van der Waals surface area contributed by atoms with Crippen molar-refractivity contribution in [1.29, 1.82) is 0 Å². The van der Waals surface area contributed by atoms with Crippen molar-refractivity contribution in [2.24, 2.45) is 0 Å². The normalized spacial score (nSPS) is 10.8. The van der Waals surface area contributed by atoms with Gasteiger partial charge in [0.2, 0.25) is 5.91 Å². The van der Waals surface area contributed by atoms with Crippen molar-refractivity contribution in [2.45, 2.75) is 12.8 Å². The Labute approximate surface area is 155 Å². The monoisotopic (exact) mass is 341 g/mol. The van der Waals surface area contributed by atoms with E-state index in [-0.39, 0.29) is 5.91 Å². The van der Waals surface area contributed by atoms with E-state index in [1.165, 1.54) is 5.56 Å².